The molecule has 6 aromatic carbocycles. The molecule has 12 aromatic rings. The number of fused-ring (bicyclic) bond motifs is 6. The van der Waals surface area contributed by atoms with E-state index in [4.69, 9.17) is 67.9 Å². The normalized spacial score (nSPS) is 13.8. The van der Waals surface area contributed by atoms with E-state index in [9.17, 15) is 118 Å². The Kier molecular flexibility index (Phi) is 37.5. The topological polar surface area (TPSA) is 858 Å². The highest BCUT2D eigenvalue weighted by atomic mass is 16.5. The summed E-state index contributed by atoms with van der Waals surface area (Å²) in [5, 5.41) is 191. The zero-order valence-corrected chi connectivity index (χ0v) is 67.9. The van der Waals surface area contributed by atoms with Crippen molar-refractivity contribution in [3.05, 3.63) is 216 Å². The number of rotatable bonds is 34. The molecule has 0 radical (unpaired) electrons. The summed E-state index contributed by atoms with van der Waals surface area (Å²) in [5.41, 5.74) is 5.56. The van der Waals surface area contributed by atoms with Crippen LogP contribution >= 0.6 is 0 Å². The number of para-hydroxylation sites is 6. The van der Waals surface area contributed by atoms with Crippen LogP contribution in [0.5, 0.6) is 0 Å². The number of oxime groups is 2. The second kappa shape index (κ2) is 46.7. The van der Waals surface area contributed by atoms with E-state index in [0.29, 0.717) is 33.2 Å². The van der Waals surface area contributed by atoms with Gasteiger partial charge in [0.15, 0.2) is 39.4 Å². The Bertz CT molecular complexity index is 5940. The third-order valence-corrected chi connectivity index (χ3v) is 19.4. The average Bonchev–Trinajstić information content (AvgIpc) is 1.50. The zero-order valence-electron chi connectivity index (χ0n) is 67.9. The fraction of sp³-hybridized carbons (Fsp3) is 0.226. The maximum absolute atomic E-state index is 11.4. The van der Waals surface area contributed by atoms with Crippen LogP contribution < -0.4 is 17.4 Å². The fourth-order valence-electron chi connectivity index (χ4n) is 12.7. The van der Waals surface area contributed by atoms with Crippen LogP contribution in [0.25, 0.3) is 65.4 Å². The van der Waals surface area contributed by atoms with E-state index in [2.05, 4.69) is 46.1 Å². The molecule has 12 rings (SSSR count). The van der Waals surface area contributed by atoms with Crippen LogP contribution in [0.15, 0.2) is 193 Å². The number of hydrogen-bond acceptors (Lipinski definition) is 28. The lowest BCUT2D eigenvalue weighted by Crippen LogP contribution is -2.48. The predicted octanol–water partition coefficient (Wildman–Crippen LogP) is 3.25. The molecule has 6 heterocycles. The lowest BCUT2D eigenvalue weighted by atomic mass is 9.88. The molecule has 6 aromatic heterocycles. The Morgan fingerprint density at radius 1 is 0.300 bits per heavy atom. The Morgan fingerprint density at radius 2 is 0.500 bits per heavy atom. The Hall–Kier alpha value is -16.2. The summed E-state index contributed by atoms with van der Waals surface area (Å²) >= 11 is 0. The zero-order chi connectivity index (χ0) is 97.5. The molecule has 690 valence electrons. The molecular weight excluding hydrogens is 1720 g/mol. The Balaban J connectivity index is 0.000000272. The van der Waals surface area contributed by atoms with Gasteiger partial charge in [0.25, 0.3) is 0 Å². The van der Waals surface area contributed by atoms with Gasteiger partial charge in [0.1, 0.15) is 12.1 Å². The van der Waals surface area contributed by atoms with E-state index in [0.717, 1.165) is 72.5 Å². The maximum Gasteiger partial charge on any atom is 0.372 e. The first-order valence-electron chi connectivity index (χ1n) is 37.5. The molecule has 130 heavy (non-hydrogen) atoms. The predicted molar refractivity (Wildman–Crippen MR) is 453 cm³/mol. The van der Waals surface area contributed by atoms with Crippen LogP contribution in [-0.4, -0.2) is 273 Å². The molecule has 0 aliphatic heterocycles. The highest BCUT2D eigenvalue weighted by Gasteiger charge is 2.45. The minimum Gasteiger partial charge on any atom is -0.480 e. The van der Waals surface area contributed by atoms with Gasteiger partial charge >= 0.3 is 71.6 Å². The number of hydrogen-bond donors (Lipinski definition) is 29. The number of carboxylic acid groups (broad SMARTS) is 12. The molecule has 46 nitrogen and oxygen atoms in total. The van der Waals surface area contributed by atoms with Crippen LogP contribution in [0.4, 0.5) is 0 Å². The van der Waals surface area contributed by atoms with E-state index in [1.807, 2.05) is 48.5 Å². The number of aromatic amines is 6. The molecule has 0 fully saturated rings. The molecule has 0 amide bonds. The fourth-order valence-corrected chi connectivity index (χ4v) is 12.7. The van der Waals surface area contributed by atoms with Gasteiger partial charge in [0, 0.05) is 174 Å². The van der Waals surface area contributed by atoms with Crippen LogP contribution in [0.2, 0.25) is 0 Å². The molecule has 32 N–H and O–H groups in total. The molecule has 0 bridgehead atoms. The van der Waals surface area contributed by atoms with Crippen molar-refractivity contribution >= 4 is 166 Å². The van der Waals surface area contributed by atoms with Gasteiger partial charge in [-0.25, -0.2) is 53.8 Å². The lowest BCUT2D eigenvalue weighted by molar-refractivity contribution is -0.164. The summed E-state index contributed by atoms with van der Waals surface area (Å²) < 4.78 is 0. The number of benzene rings is 6. The standard InChI is InChI=1S/2C14H14N2O6.2C14H16N2O5.C14H13NO6.C11H9NO3.C3H4O3.H3NO/c2*17-12(18)11(16-22)6-14(21,13(19)20)5-8-7-15-10-4-2-1-3-9(8)10;2*15-10(12(17)18)6-14(21,13(19)20)5-8-7-16-11-4-2-1-3-9(8)11;16-11(12(17)18)6-14(21,13(19)20)5-8-7-15-10-4-2-1-3-9(8)10;13-10(11(14)15)5-7-6-12-9-4-2-1-3-8(7)9;1-2(4)3(5)6;1-2/h2*1-4,7,15,21-22H,5-6H2,(H,17,18)(H,19,20);2*1-4,7,10,16,21H,5-6,15H2,(H,17,18)(H,19,20);1-4,7,15,21H,5-6H2,(H,17,18)(H,19,20);1-4,6,12H,5H2,(H,14,15);1H3,(H,5,6);2H,1H2/b2*16-11-;;;;;;/t14-;;10?,14-;10-,14+;;;;/m0.01..../s1. The third kappa shape index (κ3) is 28.4. The number of Topliss-reactive ketones (excluding diaryl/α,β-unsaturated/α-hetero) is 3. The number of nitrogens with one attached hydrogen (secondary N) is 6. The molecular formula is C84H89N11O35. The monoisotopic (exact) mass is 1810 g/mol. The quantitative estimate of drug-likeness (QED) is 0.0119. The molecule has 46 heteroatoms. The van der Waals surface area contributed by atoms with Crippen molar-refractivity contribution in [2.45, 2.75) is 118 Å². The van der Waals surface area contributed by atoms with E-state index >= 15 is 0 Å². The number of aliphatic carboxylic acids is 12. The van der Waals surface area contributed by atoms with E-state index in [1.54, 1.807) is 128 Å². The molecule has 0 aliphatic rings. The highest BCUT2D eigenvalue weighted by molar-refractivity contribution is 6.37. The summed E-state index contributed by atoms with van der Waals surface area (Å²) in [7, 11) is 0. The first kappa shape index (κ1) is 104. The van der Waals surface area contributed by atoms with Crippen molar-refractivity contribution in [3.63, 3.8) is 0 Å². The second-order valence-electron chi connectivity index (χ2n) is 28.8. The Labute approximate surface area is 728 Å². The number of aliphatic hydroxyl groups is 5. The third-order valence-electron chi connectivity index (χ3n) is 19.4. The van der Waals surface area contributed by atoms with Gasteiger partial charge in [0.2, 0.25) is 17.3 Å². The summed E-state index contributed by atoms with van der Waals surface area (Å²) in [6, 6.07) is 40.3. The number of carboxylic acids is 12. The van der Waals surface area contributed by atoms with Crippen molar-refractivity contribution in [1.29, 1.82) is 0 Å². The van der Waals surface area contributed by atoms with Gasteiger partial charge in [-0.15, -0.1) is 0 Å². The number of nitrogens with zero attached hydrogens (tertiary/aromatic N) is 2. The summed E-state index contributed by atoms with van der Waals surface area (Å²) in [5.74, 6) is -17.7. The van der Waals surface area contributed by atoms with Gasteiger partial charge < -0.3 is 144 Å². The van der Waals surface area contributed by atoms with Crippen LogP contribution in [0, 0.1) is 0 Å². The van der Waals surface area contributed by atoms with Crippen LogP contribution in [-0.2, 0) is 110 Å². The number of ketones is 3. The Morgan fingerprint density at radius 3 is 0.692 bits per heavy atom. The van der Waals surface area contributed by atoms with Gasteiger partial charge in [-0.2, -0.15) is 0 Å². The minimum absolute atomic E-state index is 0.0701. The van der Waals surface area contributed by atoms with E-state index in [-0.39, 0.29) is 38.5 Å². The SMILES string of the molecule is CC(=O)C(=O)O.NC(C[C@@](O)(Cc1c[nH]c2ccccc12)C(=O)O)C(=O)O.NO.N[C@H](C[C@@](O)(Cc1c[nH]c2ccccc12)C(=O)O)C(=O)O.O=C(O)/C(CC(O)(Cc1c[nH]c2ccccc12)C(=O)O)=N\O.O=C(O)/C(C[C@@](O)(Cc1c[nH]c2ccccc12)C(=O)O)=N\O.O=C(O)C(=O)CC(O)(Cc1c[nH]c2ccccc12)C(=O)O.O=C(O)C(=O)Cc1c[nH]c2ccccc12. The molecule has 0 spiro atoms. The number of carbonyl (C=O) groups excluding carboxylic acids is 3. The van der Waals surface area contributed by atoms with Gasteiger partial charge in [0.05, 0.1) is 6.42 Å². The number of carbonyl (C=O) groups is 15. The highest BCUT2D eigenvalue weighted by Crippen LogP contribution is 2.32. The maximum atomic E-state index is 11.4. The van der Waals surface area contributed by atoms with E-state index in [1.165, 1.54) is 6.20 Å². The number of H-pyrrole nitrogens is 6. The first-order valence-corrected chi connectivity index (χ1v) is 37.5. The van der Waals surface area contributed by atoms with Crippen molar-refractivity contribution in [3.8, 4) is 0 Å². The summed E-state index contributed by atoms with van der Waals surface area (Å²) in [6.07, 6.45) is 4.16. The van der Waals surface area contributed by atoms with Crippen molar-refractivity contribution in [2.24, 2.45) is 27.7 Å². The van der Waals surface area contributed by atoms with Crippen molar-refractivity contribution in [2.75, 3.05) is 0 Å². The average molecular weight is 1810 g/mol. The smallest absolute Gasteiger partial charge is 0.372 e. The number of nitrogens with two attached hydrogens (primary N) is 3. The van der Waals surface area contributed by atoms with E-state index < -0.39 is 173 Å². The lowest BCUT2D eigenvalue weighted by Gasteiger charge is -2.24. The molecule has 7 atom stereocenters. The molecule has 0 saturated carbocycles. The van der Waals surface area contributed by atoms with Crippen LogP contribution in [0.3, 0.4) is 0 Å². The first-order chi connectivity index (χ1) is 61.1. The van der Waals surface area contributed by atoms with Crippen LogP contribution in [0.1, 0.15) is 72.4 Å². The number of aromatic nitrogens is 6. The molecule has 3 unspecified atom stereocenters. The molecule has 0 saturated heterocycles. The summed E-state index contributed by atoms with van der Waals surface area (Å²) in [6.45, 7) is 1.00. The van der Waals surface area contributed by atoms with Crippen molar-refractivity contribution < 1.29 is 174 Å². The van der Waals surface area contributed by atoms with Gasteiger partial charge in [-0.05, 0) is 69.8 Å². The summed E-state index contributed by atoms with van der Waals surface area (Å²) in [4.78, 5) is 180. The molecule has 0 aliphatic carbocycles. The van der Waals surface area contributed by atoms with Gasteiger partial charge in [-0.1, -0.05) is 120 Å². The minimum atomic E-state index is -2.46. The largest absolute Gasteiger partial charge is 0.480 e. The van der Waals surface area contributed by atoms with Gasteiger partial charge in [-0.3, -0.25) is 24.0 Å². The second-order valence-corrected chi connectivity index (χ2v) is 28.8. The van der Waals surface area contributed by atoms with Crippen molar-refractivity contribution in [1.82, 2.24) is 29.9 Å².